The number of halogens is 2. The molecule has 0 fully saturated rings. The molecule has 0 saturated heterocycles. The summed E-state index contributed by atoms with van der Waals surface area (Å²) >= 11 is 0. The van der Waals surface area contributed by atoms with Crippen molar-refractivity contribution in [2.24, 2.45) is 5.73 Å². The Morgan fingerprint density at radius 1 is 1.44 bits per heavy atom. The number of benzene rings is 1. The van der Waals surface area contributed by atoms with Gasteiger partial charge in [-0.3, -0.25) is 4.79 Å². The van der Waals surface area contributed by atoms with E-state index in [1.165, 1.54) is 25.3 Å². The summed E-state index contributed by atoms with van der Waals surface area (Å²) < 4.78 is 17.0. The zero-order valence-electron chi connectivity index (χ0n) is 8.72. The highest BCUT2D eigenvalue weighted by Gasteiger charge is 2.08. The minimum absolute atomic E-state index is 0. The van der Waals surface area contributed by atoms with E-state index >= 15 is 0 Å². The lowest BCUT2D eigenvalue weighted by atomic mass is 10.2. The van der Waals surface area contributed by atoms with Gasteiger partial charge in [0, 0.05) is 0 Å². The van der Waals surface area contributed by atoms with E-state index in [9.17, 15) is 9.18 Å². The van der Waals surface area contributed by atoms with E-state index in [0.29, 0.717) is 0 Å². The highest BCUT2D eigenvalue weighted by Crippen LogP contribution is 2.05. The molecule has 0 heterocycles. The molecule has 0 aliphatic carbocycles. The molecule has 0 radical (unpaired) electrons. The van der Waals surface area contributed by atoms with Crippen LogP contribution in [0.15, 0.2) is 30.3 Å². The Labute approximate surface area is 99.5 Å². The second-order valence-corrected chi connectivity index (χ2v) is 2.96. The Morgan fingerprint density at radius 3 is 2.50 bits per heavy atom. The number of methoxy groups -OCH3 is 1. The van der Waals surface area contributed by atoms with Crippen LogP contribution in [0.1, 0.15) is 5.56 Å². The van der Waals surface area contributed by atoms with Crippen LogP contribution in [0.2, 0.25) is 0 Å². The summed E-state index contributed by atoms with van der Waals surface area (Å²) in [7, 11) is 1.27. The van der Waals surface area contributed by atoms with Crippen LogP contribution in [0.25, 0.3) is 6.08 Å². The van der Waals surface area contributed by atoms with Crippen molar-refractivity contribution >= 4 is 24.5 Å². The van der Waals surface area contributed by atoms with Gasteiger partial charge in [-0.25, -0.2) is 4.39 Å². The summed E-state index contributed by atoms with van der Waals surface area (Å²) in [6.45, 7) is 0. The molecule has 1 rings (SSSR count). The average Bonchev–Trinajstić information content (AvgIpc) is 2.26. The zero-order chi connectivity index (χ0) is 11.3. The van der Waals surface area contributed by atoms with Crippen molar-refractivity contribution in [1.82, 2.24) is 0 Å². The standard InChI is InChI=1S/C11H12FNO2.ClH/c1-15-11(14)10(13)7-4-8-2-5-9(12)6-3-8;/h2-7,10H,13H2,1H3;1H/b7-4+;/t10-;/m0./s1. The molecular formula is C11H13ClFNO2. The fraction of sp³-hybridized carbons (Fsp3) is 0.182. The lowest BCUT2D eigenvalue weighted by Crippen LogP contribution is -2.28. The number of carbonyl (C=O) groups is 1. The quantitative estimate of drug-likeness (QED) is 0.826. The highest BCUT2D eigenvalue weighted by atomic mass is 35.5. The third-order valence-corrected chi connectivity index (χ3v) is 1.84. The van der Waals surface area contributed by atoms with E-state index in [2.05, 4.69) is 4.74 Å². The van der Waals surface area contributed by atoms with Gasteiger partial charge < -0.3 is 10.5 Å². The number of carbonyl (C=O) groups excluding carboxylic acids is 1. The zero-order valence-corrected chi connectivity index (χ0v) is 9.54. The minimum Gasteiger partial charge on any atom is -0.468 e. The number of esters is 1. The van der Waals surface area contributed by atoms with E-state index in [-0.39, 0.29) is 18.2 Å². The van der Waals surface area contributed by atoms with Crippen molar-refractivity contribution in [3.05, 3.63) is 41.7 Å². The van der Waals surface area contributed by atoms with Crippen LogP contribution >= 0.6 is 12.4 Å². The Bertz CT molecular complexity index is 365. The van der Waals surface area contributed by atoms with Crippen molar-refractivity contribution in [2.75, 3.05) is 7.11 Å². The van der Waals surface area contributed by atoms with Gasteiger partial charge in [-0.05, 0) is 17.7 Å². The van der Waals surface area contributed by atoms with Crippen LogP contribution in [0.5, 0.6) is 0 Å². The third-order valence-electron chi connectivity index (χ3n) is 1.84. The maximum Gasteiger partial charge on any atom is 0.326 e. The van der Waals surface area contributed by atoms with Gasteiger partial charge in [0.1, 0.15) is 11.9 Å². The van der Waals surface area contributed by atoms with Gasteiger partial charge in [-0.15, -0.1) is 12.4 Å². The normalized spacial score (nSPS) is 11.9. The fourth-order valence-corrected chi connectivity index (χ4v) is 1.00. The lowest BCUT2D eigenvalue weighted by Gasteiger charge is -2.02. The first-order valence-electron chi connectivity index (χ1n) is 4.40. The van der Waals surface area contributed by atoms with Crippen LogP contribution in [0.3, 0.4) is 0 Å². The molecule has 0 unspecified atom stereocenters. The smallest absolute Gasteiger partial charge is 0.326 e. The SMILES string of the molecule is COC(=O)[C@@H](N)/C=C/c1ccc(F)cc1.Cl. The van der Waals surface area contributed by atoms with Crippen molar-refractivity contribution in [1.29, 1.82) is 0 Å². The monoisotopic (exact) mass is 245 g/mol. The molecule has 1 atom stereocenters. The molecule has 0 bridgehead atoms. The van der Waals surface area contributed by atoms with Crippen molar-refractivity contribution in [3.63, 3.8) is 0 Å². The average molecular weight is 246 g/mol. The first-order chi connectivity index (χ1) is 7.13. The maximum atomic E-state index is 12.5. The van der Waals surface area contributed by atoms with E-state index in [1.807, 2.05) is 0 Å². The second kappa shape index (κ2) is 6.98. The third kappa shape index (κ3) is 4.42. The molecular weight excluding hydrogens is 233 g/mol. The minimum atomic E-state index is -0.792. The predicted molar refractivity (Wildman–Crippen MR) is 62.7 cm³/mol. The van der Waals surface area contributed by atoms with Gasteiger partial charge in [-0.1, -0.05) is 24.3 Å². The first-order valence-corrected chi connectivity index (χ1v) is 4.40. The van der Waals surface area contributed by atoms with Gasteiger partial charge in [0.05, 0.1) is 7.11 Å². The molecule has 2 N–H and O–H groups in total. The van der Waals surface area contributed by atoms with Crippen LogP contribution < -0.4 is 5.73 Å². The fourth-order valence-electron chi connectivity index (χ4n) is 1.00. The molecule has 1 aromatic carbocycles. The second-order valence-electron chi connectivity index (χ2n) is 2.96. The summed E-state index contributed by atoms with van der Waals surface area (Å²) in [6, 6.07) is 5.07. The number of ether oxygens (including phenoxy) is 1. The molecule has 16 heavy (non-hydrogen) atoms. The number of nitrogens with two attached hydrogens (primary N) is 1. The van der Waals surface area contributed by atoms with E-state index in [0.717, 1.165) is 5.56 Å². The van der Waals surface area contributed by atoms with Gasteiger partial charge in [0.25, 0.3) is 0 Å². The van der Waals surface area contributed by atoms with Crippen LogP contribution in [0, 0.1) is 5.82 Å². The summed E-state index contributed by atoms with van der Waals surface area (Å²) in [6.07, 6.45) is 3.14. The molecule has 0 amide bonds. The van der Waals surface area contributed by atoms with Gasteiger partial charge in [0.2, 0.25) is 0 Å². The number of hydrogen-bond acceptors (Lipinski definition) is 3. The molecule has 0 aromatic heterocycles. The molecule has 5 heteroatoms. The predicted octanol–water partition coefficient (Wildman–Crippen LogP) is 1.76. The van der Waals surface area contributed by atoms with E-state index in [1.54, 1.807) is 18.2 Å². The topological polar surface area (TPSA) is 52.3 Å². The summed E-state index contributed by atoms with van der Waals surface area (Å²) in [5, 5.41) is 0. The van der Waals surface area contributed by atoms with E-state index < -0.39 is 12.0 Å². The van der Waals surface area contributed by atoms with Crippen LogP contribution in [-0.4, -0.2) is 19.1 Å². The summed E-state index contributed by atoms with van der Waals surface area (Å²) in [5.41, 5.74) is 6.24. The molecule has 0 aliphatic heterocycles. The molecule has 0 saturated carbocycles. The first kappa shape index (κ1) is 14.6. The highest BCUT2D eigenvalue weighted by molar-refractivity contribution is 5.85. The Morgan fingerprint density at radius 2 is 2.00 bits per heavy atom. The Balaban J connectivity index is 0.00000225. The maximum absolute atomic E-state index is 12.5. The number of hydrogen-bond donors (Lipinski definition) is 1. The van der Waals surface area contributed by atoms with Crippen molar-refractivity contribution in [3.8, 4) is 0 Å². The molecule has 88 valence electrons. The van der Waals surface area contributed by atoms with E-state index in [4.69, 9.17) is 5.73 Å². The van der Waals surface area contributed by atoms with Crippen molar-refractivity contribution in [2.45, 2.75) is 6.04 Å². The molecule has 0 spiro atoms. The largest absolute Gasteiger partial charge is 0.468 e. The van der Waals surface area contributed by atoms with Gasteiger partial charge >= 0.3 is 5.97 Å². The molecule has 3 nitrogen and oxygen atoms in total. The van der Waals surface area contributed by atoms with Gasteiger partial charge in [-0.2, -0.15) is 0 Å². The van der Waals surface area contributed by atoms with Crippen molar-refractivity contribution < 1.29 is 13.9 Å². The molecule has 1 aromatic rings. The lowest BCUT2D eigenvalue weighted by molar-refractivity contribution is -0.140. The van der Waals surface area contributed by atoms with Gasteiger partial charge in [0.15, 0.2) is 0 Å². The molecule has 0 aliphatic rings. The summed E-state index contributed by atoms with van der Waals surface area (Å²) in [4.78, 5) is 10.9. The van der Waals surface area contributed by atoms with Crippen LogP contribution in [-0.2, 0) is 9.53 Å². The van der Waals surface area contributed by atoms with Crippen LogP contribution in [0.4, 0.5) is 4.39 Å². The Hall–Kier alpha value is -1.39. The number of rotatable bonds is 3. The summed E-state index contributed by atoms with van der Waals surface area (Å²) in [5.74, 6) is -0.808. The Kier molecular flexibility index (Phi) is 6.37.